The van der Waals surface area contributed by atoms with Crippen molar-refractivity contribution in [2.24, 2.45) is 16.1 Å². The Hall–Kier alpha value is -2.35. The van der Waals surface area contributed by atoms with Gasteiger partial charge in [0.1, 0.15) is 5.84 Å². The standard InChI is InChI=1S/C24H33ClN6O/c1-5-16-21(17-8-7-9-18(27-4)20(17)25)29-30-23(16)28-19(6-2)31-12-10-24(11-13-31)14-32-15(3)22(24)26/h6-9,15,22,27H,2,5,10-14,26H2,1,3-4H3,(H,29,30). The smallest absolute Gasteiger partial charge is 0.179 e. The Bertz CT molecular complexity index is 1010. The minimum atomic E-state index is 0.0748. The number of nitrogens with two attached hydrogens (primary N) is 1. The molecule has 2 aromatic rings. The van der Waals surface area contributed by atoms with Gasteiger partial charge in [0.05, 0.1) is 29.1 Å². The molecule has 0 aliphatic carbocycles. The molecule has 4 rings (SSSR count). The highest BCUT2D eigenvalue weighted by atomic mass is 35.5. The summed E-state index contributed by atoms with van der Waals surface area (Å²) < 4.78 is 5.85. The van der Waals surface area contributed by atoms with E-state index in [-0.39, 0.29) is 17.6 Å². The van der Waals surface area contributed by atoms with Gasteiger partial charge in [0, 0.05) is 42.7 Å². The second-order valence-corrected chi connectivity index (χ2v) is 9.11. The number of anilines is 1. The largest absolute Gasteiger partial charge is 0.387 e. The Balaban J connectivity index is 1.59. The Morgan fingerprint density at radius 2 is 2.22 bits per heavy atom. The van der Waals surface area contributed by atoms with Crippen LogP contribution in [0.1, 0.15) is 32.3 Å². The summed E-state index contributed by atoms with van der Waals surface area (Å²) >= 11 is 6.63. The zero-order chi connectivity index (χ0) is 22.9. The van der Waals surface area contributed by atoms with Gasteiger partial charge in [-0.25, -0.2) is 4.99 Å². The number of hydrogen-bond donors (Lipinski definition) is 3. The molecular weight excluding hydrogens is 424 g/mol. The third kappa shape index (κ3) is 3.93. The number of aromatic amines is 1. The number of nitrogens with zero attached hydrogens (tertiary/aromatic N) is 3. The molecule has 1 spiro atoms. The molecule has 3 heterocycles. The van der Waals surface area contributed by atoms with E-state index < -0.39 is 0 Å². The van der Waals surface area contributed by atoms with E-state index in [1.54, 1.807) is 0 Å². The molecule has 7 nitrogen and oxygen atoms in total. The molecule has 4 N–H and O–H groups in total. The maximum absolute atomic E-state index is 6.63. The van der Waals surface area contributed by atoms with E-state index >= 15 is 0 Å². The van der Waals surface area contributed by atoms with Crippen molar-refractivity contribution in [3.8, 4) is 11.3 Å². The molecule has 0 amide bonds. The first-order chi connectivity index (χ1) is 15.4. The Kier molecular flexibility index (Phi) is 6.60. The molecular formula is C24H33ClN6O. The van der Waals surface area contributed by atoms with Gasteiger partial charge < -0.3 is 20.7 Å². The average molecular weight is 457 g/mol. The van der Waals surface area contributed by atoms with E-state index in [2.05, 4.69) is 40.8 Å². The summed E-state index contributed by atoms with van der Waals surface area (Å²) in [5.41, 5.74) is 10.3. The molecule has 2 saturated heterocycles. The molecule has 2 aliphatic heterocycles. The number of hydrogen-bond acceptors (Lipinski definition) is 5. The van der Waals surface area contributed by atoms with Crippen LogP contribution in [-0.4, -0.2) is 59.8 Å². The minimum Gasteiger partial charge on any atom is -0.387 e. The number of H-pyrrole nitrogens is 1. The summed E-state index contributed by atoms with van der Waals surface area (Å²) in [7, 11) is 1.86. The number of aromatic nitrogens is 2. The lowest BCUT2D eigenvalue weighted by molar-refractivity contribution is 0.0841. The second kappa shape index (κ2) is 9.25. The number of nitrogens with one attached hydrogen (secondary N) is 2. The number of piperidine rings is 1. The van der Waals surface area contributed by atoms with Crippen LogP contribution in [0.15, 0.2) is 35.8 Å². The van der Waals surface area contributed by atoms with E-state index in [1.165, 1.54) is 0 Å². The number of amidine groups is 1. The zero-order valence-corrected chi connectivity index (χ0v) is 19.9. The van der Waals surface area contributed by atoms with E-state index in [4.69, 9.17) is 27.1 Å². The first-order valence-corrected chi connectivity index (χ1v) is 11.7. The van der Waals surface area contributed by atoms with Crippen LogP contribution in [0.25, 0.3) is 11.3 Å². The van der Waals surface area contributed by atoms with Gasteiger partial charge in [-0.15, -0.1) is 0 Å². The fourth-order valence-corrected chi connectivity index (χ4v) is 5.25. The average Bonchev–Trinajstić information content (AvgIpc) is 3.34. The quantitative estimate of drug-likeness (QED) is 0.458. The molecule has 32 heavy (non-hydrogen) atoms. The number of rotatable bonds is 5. The van der Waals surface area contributed by atoms with E-state index in [0.717, 1.165) is 67.3 Å². The molecule has 1 aromatic heterocycles. The number of ether oxygens (including phenoxy) is 1. The van der Waals surface area contributed by atoms with Gasteiger partial charge in [-0.05, 0) is 38.3 Å². The number of benzene rings is 1. The highest BCUT2D eigenvalue weighted by molar-refractivity contribution is 6.36. The molecule has 172 valence electrons. The normalized spacial score (nSPS) is 23.0. The van der Waals surface area contributed by atoms with Crippen molar-refractivity contribution in [1.82, 2.24) is 15.1 Å². The summed E-state index contributed by atoms with van der Waals surface area (Å²) in [5.74, 6) is 1.52. The molecule has 2 fully saturated rings. The fourth-order valence-electron chi connectivity index (χ4n) is 4.93. The third-order valence-electron chi connectivity index (χ3n) is 7.07. The van der Waals surface area contributed by atoms with Crippen LogP contribution in [0.3, 0.4) is 0 Å². The van der Waals surface area contributed by atoms with Crippen molar-refractivity contribution in [2.45, 2.75) is 45.3 Å². The molecule has 0 radical (unpaired) electrons. The van der Waals surface area contributed by atoms with Crippen LogP contribution in [0.5, 0.6) is 0 Å². The van der Waals surface area contributed by atoms with Crippen LogP contribution in [0.4, 0.5) is 11.5 Å². The predicted octanol–water partition coefficient (Wildman–Crippen LogP) is 4.38. The summed E-state index contributed by atoms with van der Waals surface area (Å²) in [6.45, 7) is 10.7. The van der Waals surface area contributed by atoms with Crippen molar-refractivity contribution >= 4 is 28.9 Å². The maximum atomic E-state index is 6.63. The molecule has 0 bridgehead atoms. The van der Waals surface area contributed by atoms with Gasteiger partial charge in [-0.3, -0.25) is 5.10 Å². The van der Waals surface area contributed by atoms with Crippen LogP contribution in [-0.2, 0) is 11.2 Å². The molecule has 2 aliphatic rings. The van der Waals surface area contributed by atoms with Crippen molar-refractivity contribution in [3.05, 3.63) is 41.4 Å². The van der Waals surface area contributed by atoms with Gasteiger partial charge >= 0.3 is 0 Å². The third-order valence-corrected chi connectivity index (χ3v) is 7.48. The summed E-state index contributed by atoms with van der Waals surface area (Å²) in [6, 6.07) is 6.02. The Morgan fingerprint density at radius 1 is 1.47 bits per heavy atom. The SMILES string of the molecule is C=CC(=Nc1n[nH]c(-c2cccc(NC)c2Cl)c1CC)N1CCC2(CC1)COC(C)C2N. The fraction of sp³-hybridized carbons (Fsp3) is 0.500. The van der Waals surface area contributed by atoms with Crippen molar-refractivity contribution in [3.63, 3.8) is 0 Å². The van der Waals surface area contributed by atoms with Crippen molar-refractivity contribution < 1.29 is 4.74 Å². The molecule has 2 unspecified atom stereocenters. The highest BCUT2D eigenvalue weighted by Gasteiger charge is 2.47. The van der Waals surface area contributed by atoms with E-state index in [9.17, 15) is 0 Å². The van der Waals surface area contributed by atoms with Gasteiger partial charge in [0.25, 0.3) is 0 Å². The van der Waals surface area contributed by atoms with Crippen LogP contribution in [0.2, 0.25) is 5.02 Å². The van der Waals surface area contributed by atoms with Gasteiger partial charge in [0.2, 0.25) is 0 Å². The summed E-state index contributed by atoms with van der Waals surface area (Å²) in [5, 5.41) is 11.5. The lowest BCUT2D eigenvalue weighted by Crippen LogP contribution is -2.51. The summed E-state index contributed by atoms with van der Waals surface area (Å²) in [6.07, 6.45) is 4.70. The van der Waals surface area contributed by atoms with Gasteiger partial charge in [-0.1, -0.05) is 37.2 Å². The van der Waals surface area contributed by atoms with Crippen molar-refractivity contribution in [1.29, 1.82) is 0 Å². The van der Waals surface area contributed by atoms with Crippen LogP contribution < -0.4 is 11.1 Å². The molecule has 2 atom stereocenters. The van der Waals surface area contributed by atoms with Gasteiger partial charge in [-0.2, -0.15) is 5.10 Å². The van der Waals surface area contributed by atoms with Crippen LogP contribution in [0, 0.1) is 5.41 Å². The van der Waals surface area contributed by atoms with Crippen LogP contribution >= 0.6 is 11.6 Å². The highest BCUT2D eigenvalue weighted by Crippen LogP contribution is 2.41. The maximum Gasteiger partial charge on any atom is 0.179 e. The number of aliphatic imine (C=N–C) groups is 1. The zero-order valence-electron chi connectivity index (χ0n) is 19.1. The topological polar surface area (TPSA) is 91.6 Å². The predicted molar refractivity (Wildman–Crippen MR) is 132 cm³/mol. The number of halogens is 1. The van der Waals surface area contributed by atoms with Crippen molar-refractivity contribution in [2.75, 3.05) is 32.1 Å². The Morgan fingerprint density at radius 3 is 2.81 bits per heavy atom. The molecule has 8 heteroatoms. The summed E-state index contributed by atoms with van der Waals surface area (Å²) in [4.78, 5) is 7.17. The lowest BCUT2D eigenvalue weighted by Gasteiger charge is -2.41. The second-order valence-electron chi connectivity index (χ2n) is 8.74. The Labute approximate surface area is 195 Å². The monoisotopic (exact) mass is 456 g/mol. The van der Waals surface area contributed by atoms with Gasteiger partial charge in [0.15, 0.2) is 5.82 Å². The molecule has 0 saturated carbocycles. The molecule has 1 aromatic carbocycles. The van der Waals surface area contributed by atoms with E-state index in [1.807, 2.05) is 31.3 Å². The minimum absolute atomic E-state index is 0.0748. The number of likely N-dealkylation sites (tertiary alicyclic amines) is 1. The first-order valence-electron chi connectivity index (χ1n) is 11.3. The van der Waals surface area contributed by atoms with E-state index in [0.29, 0.717) is 10.8 Å². The lowest BCUT2D eigenvalue weighted by atomic mass is 9.73. The first kappa shape index (κ1) is 22.8.